The van der Waals surface area contributed by atoms with Gasteiger partial charge < -0.3 is 9.84 Å². The molecule has 0 spiro atoms. The fourth-order valence-corrected chi connectivity index (χ4v) is 3.47. The molecule has 0 saturated carbocycles. The van der Waals surface area contributed by atoms with Gasteiger partial charge in [0.2, 0.25) is 0 Å². The lowest BCUT2D eigenvalue weighted by Gasteiger charge is -2.16. The van der Waals surface area contributed by atoms with Crippen molar-refractivity contribution in [2.24, 2.45) is 0 Å². The summed E-state index contributed by atoms with van der Waals surface area (Å²) in [4.78, 5) is 23.9. The number of carbonyl (C=O) groups excluding carboxylic acids is 1. The van der Waals surface area contributed by atoms with E-state index in [1.165, 1.54) is 31.2 Å². The van der Waals surface area contributed by atoms with Gasteiger partial charge in [-0.1, -0.05) is 24.3 Å². The molecule has 0 aliphatic heterocycles. The first-order chi connectivity index (χ1) is 14.3. The summed E-state index contributed by atoms with van der Waals surface area (Å²) in [5.74, 6) is -2.28. The van der Waals surface area contributed by atoms with Crippen LogP contribution in [0.15, 0.2) is 59.0 Å². The number of carbonyl (C=O) groups is 2. The Balaban J connectivity index is 2.76. The van der Waals surface area contributed by atoms with Crippen molar-refractivity contribution in [3.8, 4) is 0 Å². The highest BCUT2D eigenvalue weighted by atomic mass is 32.2. The van der Waals surface area contributed by atoms with Crippen molar-refractivity contribution in [1.82, 2.24) is 0 Å². The van der Waals surface area contributed by atoms with Gasteiger partial charge in [-0.3, -0.25) is 4.79 Å². The summed E-state index contributed by atoms with van der Waals surface area (Å²) in [7, 11) is -3.52. The minimum Gasteiger partial charge on any atom is -0.481 e. The van der Waals surface area contributed by atoms with Gasteiger partial charge in [0.25, 0.3) is 0 Å². The van der Waals surface area contributed by atoms with E-state index in [-0.39, 0.29) is 33.8 Å². The predicted molar refractivity (Wildman–Crippen MR) is 106 cm³/mol. The van der Waals surface area contributed by atoms with E-state index in [1.807, 2.05) is 0 Å². The average Bonchev–Trinajstić information content (AvgIpc) is 2.67. The van der Waals surface area contributed by atoms with E-state index in [9.17, 15) is 36.3 Å². The first kappa shape index (κ1) is 24.1. The number of carboxylic acids is 1. The van der Waals surface area contributed by atoms with Gasteiger partial charge in [0.05, 0.1) is 29.1 Å². The van der Waals surface area contributed by atoms with Crippen molar-refractivity contribution >= 4 is 27.3 Å². The van der Waals surface area contributed by atoms with E-state index < -0.39 is 39.9 Å². The summed E-state index contributed by atoms with van der Waals surface area (Å²) in [6.45, 7) is 1.48. The number of benzene rings is 2. The number of hydrogen-bond acceptors (Lipinski definition) is 5. The molecule has 2 aromatic rings. The van der Waals surface area contributed by atoms with Crippen LogP contribution >= 0.6 is 0 Å². The van der Waals surface area contributed by atoms with Crippen molar-refractivity contribution in [1.29, 1.82) is 0 Å². The highest BCUT2D eigenvalue weighted by molar-refractivity contribution is 7.90. The van der Waals surface area contributed by atoms with Crippen LogP contribution < -0.4 is 0 Å². The van der Waals surface area contributed by atoms with E-state index in [0.29, 0.717) is 0 Å². The summed E-state index contributed by atoms with van der Waals surface area (Å²) < 4.78 is 67.2. The topological polar surface area (TPSA) is 97.7 Å². The van der Waals surface area contributed by atoms with Crippen LogP contribution in [0.25, 0.3) is 5.57 Å². The van der Waals surface area contributed by atoms with Gasteiger partial charge in [-0.05, 0) is 47.9 Å². The molecule has 0 unspecified atom stereocenters. The zero-order valence-corrected chi connectivity index (χ0v) is 17.4. The van der Waals surface area contributed by atoms with Crippen LogP contribution in [0, 0.1) is 0 Å². The Labute approximate surface area is 176 Å². The molecule has 0 atom stereocenters. The Kier molecular flexibility index (Phi) is 7.27. The minimum atomic E-state index is -4.58. The molecule has 1 N–H and O–H groups in total. The predicted octanol–water partition coefficient (Wildman–Crippen LogP) is 3.95. The Morgan fingerprint density at radius 1 is 0.968 bits per heavy atom. The lowest BCUT2D eigenvalue weighted by molar-refractivity contribution is -0.142. The van der Waals surface area contributed by atoms with Crippen LogP contribution in [-0.2, 0) is 30.3 Å². The third-order valence-corrected chi connectivity index (χ3v) is 5.35. The number of carboxylic acid groups (broad SMARTS) is 1. The molecule has 0 amide bonds. The number of ether oxygens (including phenoxy) is 1. The van der Waals surface area contributed by atoms with Gasteiger partial charge in [0.1, 0.15) is 0 Å². The molecule has 0 bridgehead atoms. The Bertz CT molecular complexity index is 1100. The number of alkyl halides is 3. The van der Waals surface area contributed by atoms with Gasteiger partial charge in [-0.15, -0.1) is 0 Å². The van der Waals surface area contributed by atoms with E-state index in [0.717, 1.165) is 30.5 Å². The zero-order chi connectivity index (χ0) is 23.4. The Morgan fingerprint density at radius 3 is 1.84 bits per heavy atom. The third kappa shape index (κ3) is 6.17. The minimum absolute atomic E-state index is 0.0149. The molecule has 0 fully saturated rings. The summed E-state index contributed by atoms with van der Waals surface area (Å²) in [5.41, 5.74) is -0.768. The molecule has 166 valence electrons. The van der Waals surface area contributed by atoms with Crippen LogP contribution in [0.4, 0.5) is 13.2 Å². The Hall–Kier alpha value is -3.14. The number of rotatable bonds is 7. The highest BCUT2D eigenvalue weighted by Crippen LogP contribution is 2.34. The molecule has 10 heteroatoms. The molecule has 0 radical (unpaired) electrons. The van der Waals surface area contributed by atoms with E-state index in [2.05, 4.69) is 0 Å². The highest BCUT2D eigenvalue weighted by Gasteiger charge is 2.30. The first-order valence-corrected chi connectivity index (χ1v) is 10.8. The number of sulfone groups is 1. The molecule has 2 rings (SSSR count). The van der Waals surface area contributed by atoms with Gasteiger partial charge in [-0.2, -0.15) is 13.2 Å². The van der Waals surface area contributed by atoms with Crippen LogP contribution in [0.1, 0.15) is 30.0 Å². The van der Waals surface area contributed by atoms with E-state index >= 15 is 0 Å². The SMILES string of the molecule is CCOC(=O)/C(CC(=O)O)=C(/c1ccc(C(F)(F)F)cc1)c1ccc(S(C)(=O)=O)cc1. The lowest BCUT2D eigenvalue weighted by atomic mass is 9.91. The molecule has 2 aromatic carbocycles. The van der Waals surface area contributed by atoms with Gasteiger partial charge in [0, 0.05) is 6.26 Å². The fraction of sp³-hybridized carbons (Fsp3) is 0.238. The summed E-state index contributed by atoms with van der Waals surface area (Å²) in [6, 6.07) is 9.08. The normalized spacial score (nSPS) is 12.8. The van der Waals surface area contributed by atoms with E-state index in [4.69, 9.17) is 4.74 Å². The van der Waals surface area contributed by atoms with Crippen molar-refractivity contribution in [3.63, 3.8) is 0 Å². The summed E-state index contributed by atoms with van der Waals surface area (Å²) >= 11 is 0. The van der Waals surface area contributed by atoms with E-state index in [1.54, 1.807) is 0 Å². The molecule has 6 nitrogen and oxygen atoms in total. The molecule has 0 aromatic heterocycles. The molecular formula is C21H19F3O6S. The van der Waals surface area contributed by atoms with Gasteiger partial charge >= 0.3 is 18.1 Å². The standard InChI is InChI=1S/C21H19F3O6S/c1-3-30-20(27)17(12-18(25)26)19(13-4-8-15(9-5-13)21(22,23)24)14-6-10-16(11-7-14)31(2,28)29/h4-11H,3,12H2,1-2H3,(H,25,26)/b19-17-. The fourth-order valence-electron chi connectivity index (χ4n) is 2.84. The van der Waals surface area contributed by atoms with Crippen molar-refractivity contribution in [2.75, 3.05) is 12.9 Å². The first-order valence-electron chi connectivity index (χ1n) is 8.94. The molecule has 0 saturated heterocycles. The molecule has 0 heterocycles. The second-order valence-corrected chi connectivity index (χ2v) is 8.53. The quantitative estimate of drug-likeness (QED) is 0.501. The summed E-state index contributed by atoms with van der Waals surface area (Å²) in [6.07, 6.45) is -4.32. The molecule has 31 heavy (non-hydrogen) atoms. The average molecular weight is 456 g/mol. The maximum absolute atomic E-state index is 12.9. The molecule has 0 aliphatic rings. The summed E-state index contributed by atoms with van der Waals surface area (Å²) in [5, 5.41) is 9.28. The number of esters is 1. The maximum atomic E-state index is 12.9. The van der Waals surface area contributed by atoms with Gasteiger partial charge in [-0.25, -0.2) is 13.2 Å². The third-order valence-electron chi connectivity index (χ3n) is 4.22. The molecule has 0 aliphatic carbocycles. The largest absolute Gasteiger partial charge is 0.481 e. The lowest BCUT2D eigenvalue weighted by Crippen LogP contribution is -2.14. The van der Waals surface area contributed by atoms with Crippen LogP contribution in [0.5, 0.6) is 0 Å². The van der Waals surface area contributed by atoms with Crippen LogP contribution in [-0.4, -0.2) is 38.3 Å². The van der Waals surface area contributed by atoms with Gasteiger partial charge in [0.15, 0.2) is 9.84 Å². The van der Waals surface area contributed by atoms with Crippen LogP contribution in [0.2, 0.25) is 0 Å². The van der Waals surface area contributed by atoms with Crippen molar-refractivity contribution in [3.05, 3.63) is 70.8 Å². The smallest absolute Gasteiger partial charge is 0.416 e. The van der Waals surface area contributed by atoms with Crippen molar-refractivity contribution < 1.29 is 41.0 Å². The monoisotopic (exact) mass is 456 g/mol. The number of halogens is 3. The van der Waals surface area contributed by atoms with Crippen LogP contribution in [0.3, 0.4) is 0 Å². The number of hydrogen-bond donors (Lipinski definition) is 1. The zero-order valence-electron chi connectivity index (χ0n) is 16.6. The maximum Gasteiger partial charge on any atom is 0.416 e. The Morgan fingerprint density at radius 2 is 1.45 bits per heavy atom. The second kappa shape index (κ2) is 9.34. The molecular weight excluding hydrogens is 437 g/mol. The van der Waals surface area contributed by atoms with Crippen molar-refractivity contribution in [2.45, 2.75) is 24.4 Å². The number of aliphatic carboxylic acids is 1. The second-order valence-electron chi connectivity index (χ2n) is 6.52.